The number of carbonyl (C=O) groups is 9. The zero-order valence-corrected chi connectivity index (χ0v) is 54.9. The van der Waals surface area contributed by atoms with Crippen molar-refractivity contribution in [3.63, 3.8) is 0 Å². The van der Waals surface area contributed by atoms with Crippen LogP contribution in [0.3, 0.4) is 0 Å². The van der Waals surface area contributed by atoms with Gasteiger partial charge in [-0.2, -0.15) is 0 Å². The van der Waals surface area contributed by atoms with E-state index in [1.165, 1.54) is 52.7 Å². The lowest BCUT2D eigenvalue weighted by Crippen LogP contribution is -2.38. The van der Waals surface area contributed by atoms with Gasteiger partial charge in [0.1, 0.15) is 17.2 Å². The molecular weight excluding hydrogens is 1230 g/mol. The molecule has 8 saturated carbocycles. The first kappa shape index (κ1) is 61.5. The van der Waals surface area contributed by atoms with Crippen LogP contribution in [-0.2, 0) is 43.1 Å². The molecule has 97 heavy (non-hydrogen) atoms. The van der Waals surface area contributed by atoms with Crippen LogP contribution < -0.4 is 43.3 Å². The molecule has 0 radical (unpaired) electrons. The molecular formula is C78H78N4O15. The second kappa shape index (κ2) is 23.0. The molecule has 19 nitrogen and oxygen atoms in total. The summed E-state index contributed by atoms with van der Waals surface area (Å²) < 4.78 is 31.8. The number of anilines is 4. The van der Waals surface area contributed by atoms with Gasteiger partial charge in [-0.25, -0.2) is 19.5 Å². The topological polar surface area (TPSA) is 222 Å². The van der Waals surface area contributed by atoms with E-state index in [9.17, 15) is 43.2 Å². The molecule has 4 heterocycles. The monoisotopic (exact) mass is 1310 g/mol. The minimum atomic E-state index is -0.594. The number of hydrogen-bond acceptors (Lipinski definition) is 15. The second-order valence-corrected chi connectivity index (χ2v) is 29.5. The molecule has 12 bridgehead atoms. The van der Waals surface area contributed by atoms with E-state index in [1.54, 1.807) is 70.7 Å². The summed E-state index contributed by atoms with van der Waals surface area (Å²) in [6.45, 7) is 1.90. The molecule has 12 aliphatic carbocycles. The molecule has 24 unspecified atom stereocenters. The smallest absolute Gasteiger partial charge is 0.340 e. The average molecular weight is 1310 g/mol. The van der Waals surface area contributed by atoms with E-state index in [-0.39, 0.29) is 148 Å². The standard InChI is InChI=1S/C25H27NO6.C21H21NO3.2C16H15NO3/c1-4-32-25(29)13-9-17(30-2)18(31-3)10-16(13)26-23(27)21-14-8-15(22(21)24(26)28)20-12-6-5-11(7-12)19(14)20;1-25-15-5-3-2-4-14(15)22-20(23)18-12-9-13(19(18)21(22)24)17-11-7-6-10(8-11)16(12)17;1-20-12-6-4-11(5-7-12)17-15(18)13-9-2-3-10(8-9)14(13)16(17)19;1-20-12-5-3-2-4-11(12)17-15(18)13-9-6-7-10(8-9)14(13)16(17)19/h5-6,9-12,14-15,19-22H,4,7-8H2,1-3H3;2-7,10-13,16-19H,8-9H2,1H3;2*2-7,9-10,13-14H,8H2,1H3. The fourth-order valence-corrected chi connectivity index (χ4v) is 22.8. The van der Waals surface area contributed by atoms with Gasteiger partial charge in [0.15, 0.2) is 11.5 Å². The highest BCUT2D eigenvalue weighted by molar-refractivity contribution is 6.26. The van der Waals surface area contributed by atoms with Crippen molar-refractivity contribution in [2.45, 2.75) is 45.4 Å². The first-order chi connectivity index (χ1) is 47.1. The van der Waals surface area contributed by atoms with Gasteiger partial charge < -0.3 is 28.4 Å². The van der Waals surface area contributed by atoms with Gasteiger partial charge >= 0.3 is 5.97 Å². The van der Waals surface area contributed by atoms with Crippen LogP contribution in [0.1, 0.15) is 55.8 Å². The van der Waals surface area contributed by atoms with Gasteiger partial charge in [-0.1, -0.05) is 72.9 Å². The Morgan fingerprint density at radius 3 is 1.03 bits per heavy atom. The zero-order chi connectivity index (χ0) is 66.9. The summed E-state index contributed by atoms with van der Waals surface area (Å²) in [6, 6.07) is 24.7. The number of rotatable bonds is 11. The van der Waals surface area contributed by atoms with E-state index >= 15 is 0 Å². The minimum Gasteiger partial charge on any atom is -0.497 e. The summed E-state index contributed by atoms with van der Waals surface area (Å²) in [4.78, 5) is 123. The molecule has 0 spiro atoms. The number of esters is 1. The summed E-state index contributed by atoms with van der Waals surface area (Å²) in [5.74, 6) is 7.02. The highest BCUT2D eigenvalue weighted by Crippen LogP contribution is 2.72. The van der Waals surface area contributed by atoms with Crippen molar-refractivity contribution in [2.24, 2.45) is 142 Å². The molecule has 0 N–H and O–H groups in total. The van der Waals surface area contributed by atoms with Gasteiger partial charge in [-0.05, 0) is 189 Å². The normalized spacial score (nSPS) is 38.2. The first-order valence-corrected chi connectivity index (χ1v) is 34.7. The molecule has 4 aliphatic heterocycles. The van der Waals surface area contributed by atoms with Crippen molar-refractivity contribution in [1.82, 2.24) is 0 Å². The van der Waals surface area contributed by atoms with E-state index in [2.05, 4.69) is 48.6 Å². The van der Waals surface area contributed by atoms with Crippen LogP contribution in [0.5, 0.6) is 28.7 Å². The van der Waals surface area contributed by atoms with E-state index in [4.69, 9.17) is 28.4 Å². The number of allylic oxidation sites excluding steroid dienone is 8. The molecule has 20 rings (SSSR count). The Balaban J connectivity index is 0.0000000994. The fourth-order valence-electron chi connectivity index (χ4n) is 22.8. The maximum atomic E-state index is 13.7. The molecule has 500 valence electrons. The minimum absolute atomic E-state index is 0.0113. The van der Waals surface area contributed by atoms with E-state index in [1.807, 2.05) is 36.4 Å². The lowest BCUT2D eigenvalue weighted by atomic mass is 9.65. The van der Waals surface area contributed by atoms with Crippen molar-refractivity contribution in [1.29, 1.82) is 0 Å². The SMILES string of the molecule is CCOC(=O)c1cc(OC)c(OC)cc1N1C(=O)C2C3CC(C2C1=O)C1C2C=CC(C2)C31.COc1ccc(N2C(=O)C3C4C=CC(C4)C3C2=O)cc1.COc1ccccc1N1C(=O)C2C3C=CC(C3)C2C1=O.COc1ccccc1N1C(=O)C2C3CC(C2C1=O)C1C2C=CC(C2)C31. The molecule has 0 aromatic heterocycles. The number of carbonyl (C=O) groups excluding carboxylic acids is 9. The molecule has 4 aromatic rings. The predicted octanol–water partition coefficient (Wildman–Crippen LogP) is 9.98. The molecule has 12 fully saturated rings. The van der Waals surface area contributed by atoms with Gasteiger partial charge in [-0.3, -0.25) is 43.3 Å². The summed E-state index contributed by atoms with van der Waals surface area (Å²) in [6.07, 6.45) is 24.2. The van der Waals surface area contributed by atoms with E-state index < -0.39 is 5.97 Å². The molecule has 24 atom stereocenters. The Hall–Kier alpha value is -9.13. The Labute approximate surface area is 562 Å². The molecule has 4 aromatic carbocycles. The Kier molecular flexibility index (Phi) is 14.6. The second-order valence-electron chi connectivity index (χ2n) is 29.5. The number of nitrogens with zero attached hydrogens (tertiary/aromatic N) is 4. The van der Waals surface area contributed by atoms with Crippen molar-refractivity contribution >= 4 is 76.0 Å². The fraction of sp³-hybridized carbons (Fsp3) is 0.474. The third kappa shape index (κ3) is 8.72. The number of methoxy groups -OCH3 is 5. The van der Waals surface area contributed by atoms with E-state index in [0.29, 0.717) is 99.2 Å². The number of ether oxygens (including phenoxy) is 6. The quantitative estimate of drug-likeness (QED) is 0.0590. The van der Waals surface area contributed by atoms with E-state index in [0.717, 1.165) is 31.4 Å². The highest BCUT2D eigenvalue weighted by atomic mass is 16.5. The van der Waals surface area contributed by atoms with Crippen LogP contribution in [0.4, 0.5) is 22.7 Å². The highest BCUT2D eigenvalue weighted by Gasteiger charge is 2.73. The van der Waals surface area contributed by atoms with Crippen LogP contribution in [-0.4, -0.2) is 95.4 Å². The average Bonchev–Trinajstić information content (AvgIpc) is 1.52. The van der Waals surface area contributed by atoms with Gasteiger partial charge in [0, 0.05) is 12.1 Å². The third-order valence-corrected chi connectivity index (χ3v) is 26.0. The number of amides is 8. The van der Waals surface area contributed by atoms with Gasteiger partial charge in [-0.15, -0.1) is 0 Å². The van der Waals surface area contributed by atoms with Crippen molar-refractivity contribution in [3.8, 4) is 28.7 Å². The summed E-state index contributed by atoms with van der Waals surface area (Å²) in [5.41, 5.74) is 2.20. The maximum Gasteiger partial charge on any atom is 0.340 e. The predicted molar refractivity (Wildman–Crippen MR) is 352 cm³/mol. The summed E-state index contributed by atoms with van der Waals surface area (Å²) in [7, 11) is 7.69. The lowest BCUT2D eigenvalue weighted by Gasteiger charge is -2.36. The Bertz CT molecular complexity index is 4050. The number of imide groups is 4. The maximum absolute atomic E-state index is 13.7. The van der Waals surface area contributed by atoms with Crippen molar-refractivity contribution < 1.29 is 71.6 Å². The van der Waals surface area contributed by atoms with Crippen molar-refractivity contribution in [3.05, 3.63) is 139 Å². The summed E-state index contributed by atoms with van der Waals surface area (Å²) in [5, 5.41) is 0. The Morgan fingerprint density at radius 1 is 0.351 bits per heavy atom. The van der Waals surface area contributed by atoms with Gasteiger partial charge in [0.25, 0.3) is 0 Å². The molecule has 4 saturated heterocycles. The lowest BCUT2D eigenvalue weighted by molar-refractivity contribution is -0.125. The number of benzene rings is 4. The Morgan fingerprint density at radius 2 is 0.670 bits per heavy atom. The van der Waals surface area contributed by atoms with Crippen LogP contribution in [0, 0.1) is 142 Å². The number of fused-ring (bicyclic) bond motifs is 34. The zero-order valence-electron chi connectivity index (χ0n) is 54.9. The van der Waals surface area contributed by atoms with Crippen LogP contribution in [0.15, 0.2) is 134 Å². The van der Waals surface area contributed by atoms with Crippen LogP contribution in [0.25, 0.3) is 0 Å². The van der Waals surface area contributed by atoms with Crippen molar-refractivity contribution in [2.75, 3.05) is 61.8 Å². The first-order valence-electron chi connectivity index (χ1n) is 34.7. The molecule has 8 amide bonds. The summed E-state index contributed by atoms with van der Waals surface area (Å²) >= 11 is 0. The number of hydrogen-bond donors (Lipinski definition) is 0. The van der Waals surface area contributed by atoms with Gasteiger partial charge in [0.2, 0.25) is 47.3 Å². The van der Waals surface area contributed by atoms with Crippen LogP contribution in [0.2, 0.25) is 0 Å². The third-order valence-electron chi connectivity index (χ3n) is 26.0. The van der Waals surface area contributed by atoms with Gasteiger partial charge in [0.05, 0.1) is 118 Å². The van der Waals surface area contributed by atoms with Crippen LogP contribution >= 0.6 is 0 Å². The molecule has 19 heteroatoms. The largest absolute Gasteiger partial charge is 0.497 e. The molecule has 16 aliphatic rings. The number of para-hydroxylation sites is 4.